The topological polar surface area (TPSA) is 0 Å². The zero-order valence-electron chi connectivity index (χ0n) is 18.7. The molecule has 0 N–H and O–H groups in total. The van der Waals surface area contributed by atoms with E-state index in [2.05, 4.69) is 121 Å². The maximum absolute atomic E-state index is 2.46. The third-order valence-corrected chi connectivity index (χ3v) is 10.9. The van der Waals surface area contributed by atoms with Crippen molar-refractivity contribution in [2.75, 3.05) is 0 Å². The molecular formula is C31H24Cl2Zr. The summed E-state index contributed by atoms with van der Waals surface area (Å²) in [6, 6.07) is 40.3. The third kappa shape index (κ3) is 4.55. The largest absolute Gasteiger partial charge is 1.00 e. The smallest absolute Gasteiger partial charge is 1.00 e. The average Bonchev–Trinajstić information content (AvgIpc) is 3.44. The van der Waals surface area contributed by atoms with Crippen molar-refractivity contribution in [3.05, 3.63) is 152 Å². The zero-order chi connectivity index (χ0) is 21.3. The summed E-state index contributed by atoms with van der Waals surface area (Å²) in [4.78, 5) is 0. The van der Waals surface area contributed by atoms with Crippen molar-refractivity contribution in [2.45, 2.75) is 16.0 Å². The normalized spacial score (nSPS) is 13.7. The minimum absolute atomic E-state index is 0. The van der Waals surface area contributed by atoms with Gasteiger partial charge in [0.1, 0.15) is 0 Å². The second-order valence-corrected chi connectivity index (χ2v) is 12.0. The predicted octanol–water partition coefficient (Wildman–Crippen LogP) is 1.89. The molecule has 3 heteroatoms. The maximum atomic E-state index is 2.46. The summed E-state index contributed by atoms with van der Waals surface area (Å²) in [5.41, 5.74) is 10.4. The van der Waals surface area contributed by atoms with Crippen LogP contribution < -0.4 is 24.8 Å². The molecule has 0 heterocycles. The van der Waals surface area contributed by atoms with Crippen LogP contribution in [-0.4, -0.2) is 0 Å². The van der Waals surface area contributed by atoms with Crippen molar-refractivity contribution in [2.24, 2.45) is 0 Å². The molecule has 0 radical (unpaired) electrons. The molecule has 0 saturated carbocycles. The van der Waals surface area contributed by atoms with Crippen LogP contribution in [-0.2, 0) is 23.2 Å². The molecule has 0 nitrogen and oxygen atoms in total. The fraction of sp³-hybridized carbons (Fsp3) is 0.0968. The van der Waals surface area contributed by atoms with E-state index in [0.717, 1.165) is 6.42 Å². The van der Waals surface area contributed by atoms with Crippen LogP contribution in [0.25, 0.3) is 11.1 Å². The zero-order valence-corrected chi connectivity index (χ0v) is 22.6. The molecule has 4 aromatic carbocycles. The van der Waals surface area contributed by atoms with Gasteiger partial charge in [0.15, 0.2) is 0 Å². The number of fused-ring (bicyclic) bond motifs is 3. The molecule has 0 aliphatic heterocycles. The van der Waals surface area contributed by atoms with Gasteiger partial charge in [-0.1, -0.05) is 0 Å². The van der Waals surface area contributed by atoms with Crippen molar-refractivity contribution < 1.29 is 48.0 Å². The Morgan fingerprint density at radius 1 is 0.588 bits per heavy atom. The van der Waals surface area contributed by atoms with Gasteiger partial charge in [-0.15, -0.1) is 0 Å². The molecule has 0 amide bonds. The van der Waals surface area contributed by atoms with Crippen molar-refractivity contribution in [3.8, 4) is 11.1 Å². The van der Waals surface area contributed by atoms with Crippen LogP contribution in [0.4, 0.5) is 0 Å². The molecule has 0 atom stereocenters. The van der Waals surface area contributed by atoms with E-state index in [1.54, 1.807) is 20.0 Å². The molecule has 0 fully saturated rings. The Bertz CT molecular complexity index is 1240. The van der Waals surface area contributed by atoms with Gasteiger partial charge in [0.05, 0.1) is 0 Å². The van der Waals surface area contributed by atoms with Gasteiger partial charge in [0, 0.05) is 0 Å². The molecular weight excluding hydrogens is 534 g/mol. The van der Waals surface area contributed by atoms with Crippen LogP contribution in [0.2, 0.25) is 0 Å². The number of rotatable bonds is 5. The number of benzene rings is 4. The van der Waals surface area contributed by atoms with Crippen molar-refractivity contribution in [1.82, 2.24) is 0 Å². The summed E-state index contributed by atoms with van der Waals surface area (Å²) in [6.07, 6.45) is 5.93. The van der Waals surface area contributed by atoms with E-state index < -0.39 is 23.2 Å². The molecule has 0 bridgehead atoms. The molecule has 4 aromatic rings. The van der Waals surface area contributed by atoms with Crippen LogP contribution >= 0.6 is 0 Å². The Hall–Kier alpha value is -2.18. The number of allylic oxidation sites excluding steroid dienone is 4. The molecule has 0 aromatic heterocycles. The van der Waals surface area contributed by atoms with Crippen LogP contribution in [0.5, 0.6) is 0 Å². The van der Waals surface area contributed by atoms with E-state index in [9.17, 15) is 0 Å². The summed E-state index contributed by atoms with van der Waals surface area (Å²) in [7, 11) is 0. The van der Waals surface area contributed by atoms with Gasteiger partial charge in [-0.3, -0.25) is 0 Å². The summed E-state index contributed by atoms with van der Waals surface area (Å²) < 4.78 is 2.26. The Morgan fingerprint density at radius 3 is 1.59 bits per heavy atom. The van der Waals surface area contributed by atoms with Gasteiger partial charge in [-0.25, -0.2) is 0 Å². The number of hydrogen-bond acceptors (Lipinski definition) is 0. The fourth-order valence-electron chi connectivity index (χ4n) is 5.29. The minimum atomic E-state index is -0.921. The minimum Gasteiger partial charge on any atom is -1.00 e. The molecule has 166 valence electrons. The van der Waals surface area contributed by atoms with E-state index in [1.807, 2.05) is 0 Å². The quantitative estimate of drug-likeness (QED) is 0.351. The van der Waals surface area contributed by atoms with Crippen LogP contribution in [0.15, 0.2) is 130 Å². The van der Waals surface area contributed by atoms with Gasteiger partial charge >= 0.3 is 203 Å². The summed E-state index contributed by atoms with van der Waals surface area (Å²) in [6.45, 7) is 0. The van der Waals surface area contributed by atoms with Gasteiger partial charge in [-0.2, -0.15) is 0 Å². The van der Waals surface area contributed by atoms with E-state index in [4.69, 9.17) is 0 Å². The molecule has 0 unspecified atom stereocenters. The van der Waals surface area contributed by atoms with Crippen LogP contribution in [0, 0.1) is 0 Å². The van der Waals surface area contributed by atoms with Gasteiger partial charge < -0.3 is 24.8 Å². The fourth-order valence-corrected chi connectivity index (χ4v) is 9.64. The Kier molecular flexibility index (Phi) is 8.10. The summed E-state index contributed by atoms with van der Waals surface area (Å²) in [5.74, 6) is 0.343. The van der Waals surface area contributed by atoms with Gasteiger partial charge in [-0.05, 0) is 0 Å². The average molecular weight is 559 g/mol. The maximum Gasteiger partial charge on any atom is -1.00 e. The first-order chi connectivity index (χ1) is 15.9. The Morgan fingerprint density at radius 2 is 1.06 bits per heavy atom. The van der Waals surface area contributed by atoms with Gasteiger partial charge in [0.25, 0.3) is 0 Å². The Labute approximate surface area is 226 Å². The number of halogens is 2. The first-order valence-corrected chi connectivity index (χ1v) is 14.0. The summed E-state index contributed by atoms with van der Waals surface area (Å²) >= 11 is -0.921. The molecule has 2 aliphatic rings. The van der Waals surface area contributed by atoms with Crippen molar-refractivity contribution in [1.29, 1.82) is 0 Å². The SMILES string of the molecule is C1=C[C]([Zr+2][CH]2c3ccccc3-c3ccccc32)=C(C(c2ccccc2)c2ccccc2)C1.[Cl-].[Cl-]. The first kappa shape index (κ1) is 24.9. The van der Waals surface area contributed by atoms with E-state index in [-0.39, 0.29) is 24.8 Å². The van der Waals surface area contributed by atoms with Crippen LogP contribution in [0.3, 0.4) is 0 Å². The second-order valence-electron chi connectivity index (χ2n) is 8.55. The monoisotopic (exact) mass is 556 g/mol. The standard InChI is InChI=1S/C18H15.C13H9.2ClH.Zr/c1-3-9-15(10-4-1)18(17-13-7-8-14-17)16-11-5-2-6-12-16;1-3-7-12-10(5-1)9-11-6-2-4-8-13(11)12;;;/h1-12,18H,13H2;1-9H;2*1H;/q;;;;+2/p-2. The van der Waals surface area contributed by atoms with Crippen molar-refractivity contribution in [3.63, 3.8) is 0 Å². The van der Waals surface area contributed by atoms with Gasteiger partial charge in [0.2, 0.25) is 0 Å². The molecule has 0 saturated heterocycles. The Balaban J connectivity index is 0.00000137. The molecule has 6 rings (SSSR count). The van der Waals surface area contributed by atoms with E-state index >= 15 is 0 Å². The molecule has 34 heavy (non-hydrogen) atoms. The van der Waals surface area contributed by atoms with Crippen molar-refractivity contribution >= 4 is 0 Å². The third-order valence-electron chi connectivity index (χ3n) is 6.72. The first-order valence-electron chi connectivity index (χ1n) is 11.3. The van der Waals surface area contributed by atoms with E-state index in [1.165, 1.54) is 22.3 Å². The van der Waals surface area contributed by atoms with Crippen LogP contribution in [0.1, 0.15) is 38.2 Å². The summed E-state index contributed by atoms with van der Waals surface area (Å²) in [5, 5.41) is 0. The molecule has 0 spiro atoms. The number of hydrogen-bond donors (Lipinski definition) is 0. The predicted molar refractivity (Wildman–Crippen MR) is 129 cm³/mol. The second kappa shape index (κ2) is 11.0. The molecule has 2 aliphatic carbocycles. The van der Waals surface area contributed by atoms with E-state index in [0.29, 0.717) is 9.54 Å².